The highest BCUT2D eigenvalue weighted by molar-refractivity contribution is 5.85. The van der Waals surface area contributed by atoms with Crippen molar-refractivity contribution >= 4 is 22.9 Å². The van der Waals surface area contributed by atoms with Crippen LogP contribution in [0.4, 0.5) is 0 Å². The standard InChI is InChI=1S/C18H14.C4H5N/c1-2-6-15(7-3-1)10-11-16-12-13-17-8-4-5-9-18(17)14-16;1-2-4-5-3-1/h1-14H;1-5H. The first-order chi connectivity index (χ1) is 11.4. The van der Waals surface area contributed by atoms with Gasteiger partial charge in [0.1, 0.15) is 0 Å². The molecule has 0 radical (unpaired) electrons. The minimum atomic E-state index is 1.23. The van der Waals surface area contributed by atoms with Crippen LogP contribution in [0.3, 0.4) is 0 Å². The van der Waals surface area contributed by atoms with Crippen molar-refractivity contribution in [1.29, 1.82) is 0 Å². The molecule has 4 aromatic rings. The molecule has 0 saturated heterocycles. The first-order valence-corrected chi connectivity index (χ1v) is 7.71. The second-order valence-corrected chi connectivity index (χ2v) is 5.24. The minimum absolute atomic E-state index is 1.23. The van der Waals surface area contributed by atoms with E-state index in [1.54, 1.807) is 0 Å². The zero-order valence-corrected chi connectivity index (χ0v) is 12.9. The Morgan fingerprint density at radius 3 is 1.87 bits per heavy atom. The average Bonchev–Trinajstić information content (AvgIpc) is 3.21. The molecule has 1 aromatic heterocycles. The first-order valence-electron chi connectivity index (χ1n) is 7.71. The number of hydrogen-bond donors (Lipinski definition) is 1. The summed E-state index contributed by atoms with van der Waals surface area (Å²) in [5.41, 5.74) is 2.46. The average molecular weight is 297 g/mol. The Hall–Kier alpha value is -3.06. The molecule has 0 unspecified atom stereocenters. The zero-order valence-electron chi connectivity index (χ0n) is 12.9. The van der Waals surface area contributed by atoms with Crippen LogP contribution in [-0.4, -0.2) is 4.98 Å². The van der Waals surface area contributed by atoms with Gasteiger partial charge in [-0.3, -0.25) is 0 Å². The van der Waals surface area contributed by atoms with Crippen LogP contribution in [0.5, 0.6) is 0 Å². The zero-order chi connectivity index (χ0) is 15.7. The van der Waals surface area contributed by atoms with Crippen molar-refractivity contribution < 1.29 is 0 Å². The molecule has 0 aliphatic carbocycles. The van der Waals surface area contributed by atoms with Gasteiger partial charge in [0.15, 0.2) is 0 Å². The number of aromatic amines is 1. The van der Waals surface area contributed by atoms with E-state index in [9.17, 15) is 0 Å². The van der Waals surface area contributed by atoms with Crippen molar-refractivity contribution in [2.24, 2.45) is 0 Å². The van der Waals surface area contributed by atoms with E-state index >= 15 is 0 Å². The van der Waals surface area contributed by atoms with Crippen LogP contribution >= 0.6 is 0 Å². The monoisotopic (exact) mass is 297 g/mol. The molecular weight excluding hydrogens is 278 g/mol. The molecule has 0 atom stereocenters. The molecular formula is C22H19N. The number of rotatable bonds is 2. The van der Waals surface area contributed by atoms with Crippen molar-refractivity contribution in [2.45, 2.75) is 0 Å². The molecule has 1 heteroatoms. The molecule has 3 aromatic carbocycles. The van der Waals surface area contributed by atoms with Gasteiger partial charge in [0.05, 0.1) is 0 Å². The lowest BCUT2D eigenvalue weighted by molar-refractivity contribution is 1.42. The van der Waals surface area contributed by atoms with E-state index in [1.165, 1.54) is 21.9 Å². The van der Waals surface area contributed by atoms with E-state index in [2.05, 4.69) is 83.9 Å². The second-order valence-electron chi connectivity index (χ2n) is 5.24. The van der Waals surface area contributed by atoms with E-state index in [4.69, 9.17) is 0 Å². The quantitative estimate of drug-likeness (QED) is 0.435. The smallest absolute Gasteiger partial charge is 0.000496 e. The summed E-state index contributed by atoms with van der Waals surface area (Å²) in [4.78, 5) is 2.86. The summed E-state index contributed by atoms with van der Waals surface area (Å²) in [6.45, 7) is 0. The van der Waals surface area contributed by atoms with Gasteiger partial charge >= 0.3 is 0 Å². The van der Waals surface area contributed by atoms with Gasteiger partial charge in [-0.1, -0.05) is 78.9 Å². The minimum Gasteiger partial charge on any atom is -0.368 e. The van der Waals surface area contributed by atoms with Crippen molar-refractivity contribution in [3.63, 3.8) is 0 Å². The van der Waals surface area contributed by atoms with Gasteiger partial charge in [-0.25, -0.2) is 0 Å². The predicted octanol–water partition coefficient (Wildman–Crippen LogP) is 6.02. The summed E-state index contributed by atoms with van der Waals surface area (Å²) in [6, 6.07) is 29.2. The Kier molecular flexibility index (Phi) is 5.04. The van der Waals surface area contributed by atoms with Crippen LogP contribution < -0.4 is 0 Å². The fourth-order valence-corrected chi connectivity index (χ4v) is 2.35. The summed E-state index contributed by atoms with van der Waals surface area (Å²) >= 11 is 0. The van der Waals surface area contributed by atoms with Crippen molar-refractivity contribution in [3.8, 4) is 0 Å². The van der Waals surface area contributed by atoms with Crippen LogP contribution in [0, 0.1) is 0 Å². The molecule has 1 nitrogen and oxygen atoms in total. The molecule has 112 valence electrons. The fourth-order valence-electron chi connectivity index (χ4n) is 2.35. The molecule has 0 bridgehead atoms. The summed E-state index contributed by atoms with van der Waals surface area (Å²) in [5.74, 6) is 0. The van der Waals surface area contributed by atoms with E-state index in [1.807, 2.05) is 30.6 Å². The molecule has 0 saturated carbocycles. The van der Waals surface area contributed by atoms with E-state index in [0.29, 0.717) is 0 Å². The van der Waals surface area contributed by atoms with Crippen molar-refractivity contribution in [1.82, 2.24) is 4.98 Å². The van der Waals surface area contributed by atoms with Crippen LogP contribution in [0.15, 0.2) is 97.3 Å². The number of H-pyrrole nitrogens is 1. The topological polar surface area (TPSA) is 15.8 Å². The van der Waals surface area contributed by atoms with Crippen LogP contribution in [0.1, 0.15) is 11.1 Å². The lowest BCUT2D eigenvalue weighted by Gasteiger charge is -1.99. The molecule has 1 heterocycles. The Bertz CT molecular complexity index is 842. The van der Waals surface area contributed by atoms with Crippen LogP contribution in [0.2, 0.25) is 0 Å². The van der Waals surface area contributed by atoms with Crippen LogP contribution in [-0.2, 0) is 0 Å². The van der Waals surface area contributed by atoms with Crippen molar-refractivity contribution in [3.05, 3.63) is 108 Å². The highest BCUT2D eigenvalue weighted by Gasteiger charge is 1.92. The molecule has 0 fully saturated rings. The Morgan fingerprint density at radius 2 is 1.17 bits per heavy atom. The van der Waals surface area contributed by atoms with Crippen molar-refractivity contribution in [2.75, 3.05) is 0 Å². The van der Waals surface area contributed by atoms with Gasteiger partial charge in [-0.15, -0.1) is 0 Å². The summed E-state index contributed by atoms with van der Waals surface area (Å²) < 4.78 is 0. The molecule has 23 heavy (non-hydrogen) atoms. The van der Waals surface area contributed by atoms with E-state index < -0.39 is 0 Å². The normalized spacial score (nSPS) is 10.4. The summed E-state index contributed by atoms with van der Waals surface area (Å²) in [7, 11) is 0. The Balaban J connectivity index is 0.000000267. The Morgan fingerprint density at radius 1 is 0.522 bits per heavy atom. The van der Waals surface area contributed by atoms with Gasteiger partial charge < -0.3 is 4.98 Å². The SMILES string of the molecule is C(=Cc1ccc2ccccc2c1)c1ccccc1.c1cc[nH]c1. The largest absolute Gasteiger partial charge is 0.368 e. The van der Waals surface area contributed by atoms with E-state index in [-0.39, 0.29) is 0 Å². The van der Waals surface area contributed by atoms with Gasteiger partial charge in [-0.2, -0.15) is 0 Å². The Labute approximate surface area is 136 Å². The third kappa shape index (κ3) is 4.45. The summed E-state index contributed by atoms with van der Waals surface area (Å²) in [5, 5.41) is 2.57. The van der Waals surface area contributed by atoms with Gasteiger partial charge in [0.2, 0.25) is 0 Å². The van der Waals surface area contributed by atoms with Gasteiger partial charge in [0.25, 0.3) is 0 Å². The molecule has 0 spiro atoms. The highest BCUT2D eigenvalue weighted by Crippen LogP contribution is 2.17. The molecule has 4 rings (SSSR count). The number of nitrogens with one attached hydrogen (secondary N) is 1. The number of benzene rings is 3. The number of hydrogen-bond acceptors (Lipinski definition) is 0. The maximum absolute atomic E-state index is 2.86. The van der Waals surface area contributed by atoms with Gasteiger partial charge in [0, 0.05) is 12.4 Å². The number of aromatic nitrogens is 1. The fraction of sp³-hybridized carbons (Fsp3) is 0. The maximum atomic E-state index is 2.86. The number of fused-ring (bicyclic) bond motifs is 1. The third-order valence-electron chi connectivity index (χ3n) is 3.54. The third-order valence-corrected chi connectivity index (χ3v) is 3.54. The molecule has 0 aliphatic rings. The molecule has 1 N–H and O–H groups in total. The predicted molar refractivity (Wildman–Crippen MR) is 100 cm³/mol. The lowest BCUT2D eigenvalue weighted by atomic mass is 10.1. The van der Waals surface area contributed by atoms with E-state index in [0.717, 1.165) is 0 Å². The first kappa shape index (κ1) is 14.9. The molecule has 0 aliphatic heterocycles. The van der Waals surface area contributed by atoms with Gasteiger partial charge in [-0.05, 0) is 40.1 Å². The second kappa shape index (κ2) is 7.81. The summed E-state index contributed by atoms with van der Waals surface area (Å²) in [6.07, 6.45) is 8.05. The lowest BCUT2D eigenvalue weighted by Crippen LogP contribution is -1.75. The maximum Gasteiger partial charge on any atom is 0.000496 e. The highest BCUT2D eigenvalue weighted by atomic mass is 14.6. The van der Waals surface area contributed by atoms with Crippen LogP contribution in [0.25, 0.3) is 22.9 Å². The molecule has 0 amide bonds.